The standard InChI is InChI=1S/C15H20ClN3/c1-4-12-9-13(19(3)18-12)10-17-11(2)14-7-5-6-8-15(14)16/h5-9,11,17H,4,10H2,1-3H3/t11-/m0/s1. The van der Waals surface area contributed by atoms with Crippen molar-refractivity contribution in [3.8, 4) is 0 Å². The normalized spacial score (nSPS) is 12.6. The number of aryl methyl sites for hydroxylation is 2. The van der Waals surface area contributed by atoms with E-state index in [4.69, 9.17) is 11.6 Å². The van der Waals surface area contributed by atoms with Crippen LogP contribution in [0.2, 0.25) is 5.02 Å². The molecule has 0 unspecified atom stereocenters. The van der Waals surface area contributed by atoms with Gasteiger partial charge in [0.1, 0.15) is 0 Å². The van der Waals surface area contributed by atoms with Gasteiger partial charge >= 0.3 is 0 Å². The zero-order valence-corrected chi connectivity index (χ0v) is 12.4. The van der Waals surface area contributed by atoms with Gasteiger partial charge in [-0.15, -0.1) is 0 Å². The fourth-order valence-electron chi connectivity index (χ4n) is 2.10. The average Bonchev–Trinajstić information content (AvgIpc) is 2.77. The number of hydrogen-bond donors (Lipinski definition) is 1. The lowest BCUT2D eigenvalue weighted by molar-refractivity contribution is 0.548. The van der Waals surface area contributed by atoms with Crippen molar-refractivity contribution in [2.24, 2.45) is 7.05 Å². The second-order valence-corrected chi connectivity index (χ2v) is 5.14. The molecule has 1 N–H and O–H groups in total. The van der Waals surface area contributed by atoms with E-state index in [1.165, 1.54) is 5.69 Å². The van der Waals surface area contributed by atoms with Crippen LogP contribution < -0.4 is 5.32 Å². The summed E-state index contributed by atoms with van der Waals surface area (Å²) in [5.41, 5.74) is 3.45. The van der Waals surface area contributed by atoms with Gasteiger partial charge in [-0.2, -0.15) is 5.10 Å². The highest BCUT2D eigenvalue weighted by atomic mass is 35.5. The largest absolute Gasteiger partial charge is 0.305 e. The number of hydrogen-bond acceptors (Lipinski definition) is 2. The molecule has 0 saturated heterocycles. The Balaban J connectivity index is 2.02. The Morgan fingerprint density at radius 2 is 2.11 bits per heavy atom. The third-order valence-electron chi connectivity index (χ3n) is 3.35. The summed E-state index contributed by atoms with van der Waals surface area (Å²) in [4.78, 5) is 0. The molecule has 3 nitrogen and oxygen atoms in total. The monoisotopic (exact) mass is 277 g/mol. The number of benzene rings is 1. The molecule has 0 aliphatic carbocycles. The molecule has 19 heavy (non-hydrogen) atoms. The van der Waals surface area contributed by atoms with Crippen molar-refractivity contribution in [1.82, 2.24) is 15.1 Å². The molecule has 1 heterocycles. The Hall–Kier alpha value is -1.32. The minimum atomic E-state index is 0.216. The van der Waals surface area contributed by atoms with Gasteiger partial charge in [-0.1, -0.05) is 36.7 Å². The maximum atomic E-state index is 6.20. The van der Waals surface area contributed by atoms with E-state index < -0.39 is 0 Å². The van der Waals surface area contributed by atoms with Crippen LogP contribution in [0.4, 0.5) is 0 Å². The molecular formula is C15H20ClN3. The van der Waals surface area contributed by atoms with Crippen molar-refractivity contribution in [3.05, 3.63) is 52.3 Å². The number of halogens is 1. The SMILES string of the molecule is CCc1cc(CN[C@@H](C)c2ccccc2Cl)n(C)n1. The highest BCUT2D eigenvalue weighted by molar-refractivity contribution is 6.31. The molecule has 102 valence electrons. The molecule has 2 aromatic rings. The smallest absolute Gasteiger partial charge is 0.0625 e. The van der Waals surface area contributed by atoms with E-state index >= 15 is 0 Å². The Bertz CT molecular complexity index is 548. The Labute approximate surface area is 119 Å². The van der Waals surface area contributed by atoms with Crippen LogP contribution in [0.5, 0.6) is 0 Å². The maximum absolute atomic E-state index is 6.20. The highest BCUT2D eigenvalue weighted by Crippen LogP contribution is 2.22. The van der Waals surface area contributed by atoms with Crippen LogP contribution in [-0.2, 0) is 20.0 Å². The van der Waals surface area contributed by atoms with Crippen LogP contribution >= 0.6 is 11.6 Å². The van der Waals surface area contributed by atoms with E-state index in [2.05, 4.69) is 36.4 Å². The summed E-state index contributed by atoms with van der Waals surface area (Å²) in [6, 6.07) is 10.3. The van der Waals surface area contributed by atoms with Crippen molar-refractivity contribution in [2.45, 2.75) is 32.9 Å². The lowest BCUT2D eigenvalue weighted by Crippen LogP contribution is -2.20. The maximum Gasteiger partial charge on any atom is 0.0625 e. The predicted molar refractivity (Wildman–Crippen MR) is 79.3 cm³/mol. The molecule has 0 amide bonds. The quantitative estimate of drug-likeness (QED) is 0.907. The van der Waals surface area contributed by atoms with Crippen LogP contribution in [0.1, 0.15) is 36.8 Å². The van der Waals surface area contributed by atoms with Crippen molar-refractivity contribution in [1.29, 1.82) is 0 Å². The Kier molecular flexibility index (Phi) is 4.61. The first-order valence-corrected chi connectivity index (χ1v) is 6.99. The third kappa shape index (κ3) is 3.37. The van der Waals surface area contributed by atoms with Gasteiger partial charge in [0, 0.05) is 24.7 Å². The molecule has 0 radical (unpaired) electrons. The third-order valence-corrected chi connectivity index (χ3v) is 3.69. The van der Waals surface area contributed by atoms with Crippen molar-refractivity contribution in [3.63, 3.8) is 0 Å². The number of aromatic nitrogens is 2. The molecule has 0 fully saturated rings. The molecule has 0 bridgehead atoms. The molecule has 4 heteroatoms. The molecule has 0 spiro atoms. The summed E-state index contributed by atoms with van der Waals surface area (Å²) in [6.45, 7) is 5.03. The van der Waals surface area contributed by atoms with Gasteiger partial charge in [-0.3, -0.25) is 4.68 Å². The fourth-order valence-corrected chi connectivity index (χ4v) is 2.40. The first-order chi connectivity index (χ1) is 9.11. The summed E-state index contributed by atoms with van der Waals surface area (Å²) in [5, 5.41) is 8.74. The van der Waals surface area contributed by atoms with E-state index in [0.717, 1.165) is 29.2 Å². The van der Waals surface area contributed by atoms with E-state index in [-0.39, 0.29) is 6.04 Å². The summed E-state index contributed by atoms with van der Waals surface area (Å²) < 4.78 is 1.94. The minimum Gasteiger partial charge on any atom is -0.305 e. The zero-order valence-electron chi connectivity index (χ0n) is 11.7. The molecular weight excluding hydrogens is 258 g/mol. The molecule has 1 aromatic heterocycles. The number of nitrogens with zero attached hydrogens (tertiary/aromatic N) is 2. The van der Waals surface area contributed by atoms with Gasteiger partial charge in [0.15, 0.2) is 0 Å². The van der Waals surface area contributed by atoms with Crippen LogP contribution in [-0.4, -0.2) is 9.78 Å². The van der Waals surface area contributed by atoms with E-state index in [0.29, 0.717) is 0 Å². The van der Waals surface area contributed by atoms with E-state index in [9.17, 15) is 0 Å². The van der Waals surface area contributed by atoms with Gasteiger partial charge in [0.05, 0.1) is 11.4 Å². The van der Waals surface area contributed by atoms with Crippen LogP contribution in [0.25, 0.3) is 0 Å². The van der Waals surface area contributed by atoms with Gasteiger partial charge in [0.25, 0.3) is 0 Å². The van der Waals surface area contributed by atoms with Crippen molar-refractivity contribution >= 4 is 11.6 Å². The zero-order chi connectivity index (χ0) is 13.8. The molecule has 0 aliphatic heterocycles. The number of rotatable bonds is 5. The van der Waals surface area contributed by atoms with Gasteiger partial charge in [-0.25, -0.2) is 0 Å². The van der Waals surface area contributed by atoms with Crippen LogP contribution in [0, 0.1) is 0 Å². The predicted octanol–water partition coefficient (Wildman–Crippen LogP) is 3.49. The minimum absolute atomic E-state index is 0.216. The molecule has 1 aromatic carbocycles. The second-order valence-electron chi connectivity index (χ2n) is 4.73. The molecule has 0 saturated carbocycles. The van der Waals surface area contributed by atoms with Crippen LogP contribution in [0.3, 0.4) is 0 Å². The second kappa shape index (κ2) is 6.22. The summed E-state index contributed by atoms with van der Waals surface area (Å²) in [5.74, 6) is 0. The van der Waals surface area contributed by atoms with Crippen molar-refractivity contribution in [2.75, 3.05) is 0 Å². The Morgan fingerprint density at radius 3 is 2.74 bits per heavy atom. The summed E-state index contributed by atoms with van der Waals surface area (Å²) in [7, 11) is 1.98. The molecule has 1 atom stereocenters. The molecule has 0 aliphatic rings. The van der Waals surface area contributed by atoms with E-state index in [1.807, 2.05) is 29.9 Å². The lowest BCUT2D eigenvalue weighted by atomic mass is 10.1. The van der Waals surface area contributed by atoms with Gasteiger partial charge in [-0.05, 0) is 31.0 Å². The van der Waals surface area contributed by atoms with Gasteiger partial charge in [0.2, 0.25) is 0 Å². The Morgan fingerprint density at radius 1 is 1.37 bits per heavy atom. The summed E-state index contributed by atoms with van der Waals surface area (Å²) in [6.07, 6.45) is 0.966. The van der Waals surface area contributed by atoms with Crippen molar-refractivity contribution < 1.29 is 0 Å². The lowest BCUT2D eigenvalue weighted by Gasteiger charge is -2.15. The first-order valence-electron chi connectivity index (χ1n) is 6.61. The number of nitrogens with one attached hydrogen (secondary N) is 1. The topological polar surface area (TPSA) is 29.9 Å². The van der Waals surface area contributed by atoms with E-state index in [1.54, 1.807) is 0 Å². The average molecular weight is 278 g/mol. The van der Waals surface area contributed by atoms with Crippen LogP contribution in [0.15, 0.2) is 30.3 Å². The highest BCUT2D eigenvalue weighted by Gasteiger charge is 2.10. The summed E-state index contributed by atoms with van der Waals surface area (Å²) >= 11 is 6.20. The molecule has 2 rings (SSSR count). The first kappa shape index (κ1) is 14.1. The van der Waals surface area contributed by atoms with Gasteiger partial charge < -0.3 is 5.32 Å². The fraction of sp³-hybridized carbons (Fsp3) is 0.400.